The highest BCUT2D eigenvalue weighted by molar-refractivity contribution is 5.70. The van der Waals surface area contributed by atoms with Crippen LogP contribution in [0.25, 0.3) is 11.2 Å². The van der Waals surface area contributed by atoms with E-state index < -0.39 is 35.8 Å². The third kappa shape index (κ3) is 4.54. The lowest BCUT2D eigenvalue weighted by molar-refractivity contribution is 0.0471. The first-order chi connectivity index (χ1) is 18.9. The molecule has 1 saturated heterocycles. The van der Waals surface area contributed by atoms with Crippen LogP contribution in [-0.2, 0) is 4.74 Å². The molecule has 4 heterocycles. The molecule has 3 aromatic heterocycles. The van der Waals surface area contributed by atoms with Gasteiger partial charge in [-0.25, -0.2) is 23.4 Å². The highest BCUT2D eigenvalue weighted by Crippen LogP contribution is 2.42. The van der Waals surface area contributed by atoms with Crippen LogP contribution < -0.4 is 11.4 Å². The summed E-state index contributed by atoms with van der Waals surface area (Å²) in [6.07, 6.45) is 5.16. The summed E-state index contributed by atoms with van der Waals surface area (Å²) in [6.45, 7) is 0.805. The van der Waals surface area contributed by atoms with Gasteiger partial charge in [-0.2, -0.15) is 0 Å². The van der Waals surface area contributed by atoms with E-state index in [1.165, 1.54) is 24.5 Å². The van der Waals surface area contributed by atoms with Gasteiger partial charge in [-0.1, -0.05) is 12.1 Å². The van der Waals surface area contributed by atoms with Gasteiger partial charge in [0.2, 0.25) is 0 Å². The lowest BCUT2D eigenvalue weighted by Crippen LogP contribution is -2.41. The van der Waals surface area contributed by atoms with Crippen LogP contribution in [0.4, 0.5) is 13.6 Å². The van der Waals surface area contributed by atoms with Crippen molar-refractivity contribution < 1.29 is 18.3 Å². The van der Waals surface area contributed by atoms with E-state index in [1.54, 1.807) is 21.7 Å². The molecule has 0 bridgehead atoms. The fourth-order valence-electron chi connectivity index (χ4n) is 5.80. The number of hydrogen-bond acceptors (Lipinski definition) is 7. The van der Waals surface area contributed by atoms with Crippen molar-refractivity contribution >= 4 is 17.3 Å². The topological polar surface area (TPSA) is 132 Å². The Labute approximate surface area is 221 Å². The van der Waals surface area contributed by atoms with E-state index in [0.717, 1.165) is 11.6 Å². The van der Waals surface area contributed by atoms with Crippen LogP contribution in [-0.4, -0.2) is 48.6 Å². The number of carbonyl (C=O) groups is 1. The van der Waals surface area contributed by atoms with Gasteiger partial charge in [-0.05, 0) is 49.4 Å². The third-order valence-electron chi connectivity index (χ3n) is 7.75. The molecule has 0 saturated carbocycles. The predicted molar refractivity (Wildman–Crippen MR) is 137 cm³/mol. The number of amides is 1. The third-order valence-corrected chi connectivity index (χ3v) is 7.75. The molecular formula is C27H27F2N7O3. The van der Waals surface area contributed by atoms with Crippen molar-refractivity contribution in [3.8, 4) is 0 Å². The van der Waals surface area contributed by atoms with Crippen LogP contribution >= 0.6 is 0 Å². The summed E-state index contributed by atoms with van der Waals surface area (Å²) in [5, 5.41) is 0. The van der Waals surface area contributed by atoms with E-state index in [-0.39, 0.29) is 17.3 Å². The van der Waals surface area contributed by atoms with Crippen LogP contribution in [0.3, 0.4) is 0 Å². The number of aromatic nitrogens is 5. The second kappa shape index (κ2) is 10.2. The van der Waals surface area contributed by atoms with Crippen molar-refractivity contribution in [2.75, 3.05) is 13.1 Å². The highest BCUT2D eigenvalue weighted by atomic mass is 19.2. The number of carbonyl (C=O) groups excluding carboxylic acids is 1. The number of aromatic amines is 1. The van der Waals surface area contributed by atoms with Gasteiger partial charge in [-0.15, -0.1) is 0 Å². The second-order valence-electron chi connectivity index (χ2n) is 9.94. The number of rotatable bonds is 3. The normalized spacial score (nSPS) is 21.9. The van der Waals surface area contributed by atoms with Gasteiger partial charge in [0.15, 0.2) is 17.3 Å². The van der Waals surface area contributed by atoms with Crippen LogP contribution in [0.2, 0.25) is 0 Å². The summed E-state index contributed by atoms with van der Waals surface area (Å²) < 4.78 is 36.3. The standard InChI is InChI=1S/C27H27F2N7O3/c28-18-4-1-3-16(21(18)29)17-6-7-20(23-24(22(17)30)32-12-11-31-23)39-27(38)35-13-8-15(9-14-35)36-19-5-2-10-33-25(19)34-26(36)37/h1-5,10-12,15,17,20,22H,6-9,13-14,30H2,(H,33,34,37)/t17-,20+,22-/m0/s1. The van der Waals surface area contributed by atoms with Crippen molar-refractivity contribution in [1.29, 1.82) is 0 Å². The summed E-state index contributed by atoms with van der Waals surface area (Å²) in [7, 11) is 0. The molecule has 3 atom stereocenters. The number of H-pyrrole nitrogens is 1. The molecule has 202 valence electrons. The van der Waals surface area contributed by atoms with E-state index >= 15 is 0 Å². The summed E-state index contributed by atoms with van der Waals surface area (Å²) in [6, 6.07) is 6.83. The zero-order valence-electron chi connectivity index (χ0n) is 21.0. The van der Waals surface area contributed by atoms with Crippen LogP contribution in [0, 0.1) is 11.6 Å². The number of piperidine rings is 1. The molecular weight excluding hydrogens is 508 g/mol. The average molecular weight is 536 g/mol. The molecule has 0 radical (unpaired) electrons. The van der Waals surface area contributed by atoms with Gasteiger partial charge in [0.1, 0.15) is 11.8 Å². The maximum Gasteiger partial charge on any atom is 0.410 e. The highest BCUT2D eigenvalue weighted by Gasteiger charge is 2.37. The number of ether oxygens (including phenoxy) is 1. The fourth-order valence-corrected chi connectivity index (χ4v) is 5.80. The minimum absolute atomic E-state index is 0.0797. The van der Waals surface area contributed by atoms with E-state index in [4.69, 9.17) is 10.5 Å². The number of nitrogens with zero attached hydrogens (tertiary/aromatic N) is 5. The Morgan fingerprint density at radius 3 is 2.54 bits per heavy atom. The van der Waals surface area contributed by atoms with E-state index in [9.17, 15) is 18.4 Å². The number of nitrogens with two attached hydrogens (primary N) is 1. The van der Waals surface area contributed by atoms with E-state index in [1.807, 2.05) is 6.07 Å². The number of fused-ring (bicyclic) bond motifs is 2. The summed E-state index contributed by atoms with van der Waals surface area (Å²) >= 11 is 0. The Morgan fingerprint density at radius 2 is 1.74 bits per heavy atom. The number of likely N-dealkylation sites (tertiary alicyclic amines) is 1. The van der Waals surface area contributed by atoms with Gasteiger partial charge in [0.25, 0.3) is 0 Å². The molecule has 1 aromatic carbocycles. The molecule has 39 heavy (non-hydrogen) atoms. The largest absolute Gasteiger partial charge is 0.439 e. The van der Waals surface area contributed by atoms with Crippen molar-refractivity contribution in [3.63, 3.8) is 0 Å². The van der Waals surface area contributed by atoms with Crippen molar-refractivity contribution in [1.82, 2.24) is 29.4 Å². The monoisotopic (exact) mass is 535 g/mol. The first-order valence-electron chi connectivity index (χ1n) is 12.9. The van der Waals surface area contributed by atoms with Crippen molar-refractivity contribution in [2.24, 2.45) is 5.73 Å². The molecule has 1 aliphatic carbocycles. The van der Waals surface area contributed by atoms with Crippen LogP contribution in [0.15, 0.2) is 53.7 Å². The van der Waals surface area contributed by atoms with Crippen LogP contribution in [0.5, 0.6) is 0 Å². The number of benzene rings is 1. The lowest BCUT2D eigenvalue weighted by atomic mass is 9.87. The average Bonchev–Trinajstić information content (AvgIpc) is 3.23. The Hall–Kier alpha value is -4.19. The second-order valence-corrected chi connectivity index (χ2v) is 9.94. The Kier molecular flexibility index (Phi) is 6.55. The molecule has 10 nitrogen and oxygen atoms in total. The predicted octanol–water partition coefficient (Wildman–Crippen LogP) is 3.89. The van der Waals surface area contributed by atoms with E-state index in [2.05, 4.69) is 19.9 Å². The Bertz CT molecular complexity index is 1580. The first-order valence-corrected chi connectivity index (χ1v) is 12.9. The van der Waals surface area contributed by atoms with E-state index in [0.29, 0.717) is 55.8 Å². The Morgan fingerprint density at radius 1 is 0.974 bits per heavy atom. The maximum atomic E-state index is 14.7. The molecule has 2 aliphatic rings. The number of halogens is 2. The summed E-state index contributed by atoms with van der Waals surface area (Å²) in [5.41, 5.74) is 8.54. The molecule has 0 unspecified atom stereocenters. The number of imidazole rings is 1. The SMILES string of the molecule is N[C@@H]1c2nccnc2[C@H](OC(=O)N2CCC(n3c(=O)[nH]c4ncccc43)CC2)CC[C@H]1c1cccc(F)c1F. The Balaban J connectivity index is 1.18. The van der Waals surface area contributed by atoms with Crippen LogP contribution in [0.1, 0.15) is 66.7 Å². The first kappa shape index (κ1) is 25.1. The minimum Gasteiger partial charge on any atom is -0.439 e. The zero-order chi connectivity index (χ0) is 27.1. The summed E-state index contributed by atoms with van der Waals surface area (Å²) in [5.74, 6) is -2.45. The molecule has 12 heteroatoms. The molecule has 1 fully saturated rings. The van der Waals surface area contributed by atoms with Gasteiger partial charge < -0.3 is 15.4 Å². The lowest BCUT2D eigenvalue weighted by Gasteiger charge is -2.32. The summed E-state index contributed by atoms with van der Waals surface area (Å²) in [4.78, 5) is 43.2. The number of pyridine rings is 1. The fraction of sp³-hybridized carbons (Fsp3) is 0.370. The number of nitrogens with one attached hydrogen (secondary N) is 1. The smallest absolute Gasteiger partial charge is 0.410 e. The molecule has 1 aliphatic heterocycles. The molecule has 0 spiro atoms. The number of hydrogen-bond donors (Lipinski definition) is 2. The van der Waals surface area contributed by atoms with Crippen molar-refractivity contribution in [3.05, 3.63) is 88.0 Å². The molecule has 3 N–H and O–H groups in total. The molecule has 4 aromatic rings. The molecule has 6 rings (SSSR count). The van der Waals surface area contributed by atoms with Gasteiger partial charge in [0, 0.05) is 43.6 Å². The van der Waals surface area contributed by atoms with Gasteiger partial charge in [0.05, 0.1) is 17.3 Å². The molecule has 1 amide bonds. The minimum atomic E-state index is -0.944. The zero-order valence-corrected chi connectivity index (χ0v) is 21.0. The van der Waals surface area contributed by atoms with Gasteiger partial charge >= 0.3 is 11.8 Å². The van der Waals surface area contributed by atoms with Crippen molar-refractivity contribution in [2.45, 2.75) is 49.8 Å². The quantitative estimate of drug-likeness (QED) is 0.381. The van der Waals surface area contributed by atoms with Gasteiger partial charge in [-0.3, -0.25) is 19.5 Å². The maximum absolute atomic E-state index is 14.7.